The van der Waals surface area contributed by atoms with E-state index in [0.717, 1.165) is 33.8 Å². The van der Waals surface area contributed by atoms with Crippen LogP contribution in [0.5, 0.6) is 0 Å². The summed E-state index contributed by atoms with van der Waals surface area (Å²) < 4.78 is 1.24. The molecule has 0 aliphatic heterocycles. The average Bonchev–Trinajstić information content (AvgIpc) is 3.18. The molecule has 0 aliphatic carbocycles. The van der Waals surface area contributed by atoms with Gasteiger partial charge in [0.25, 0.3) is 5.95 Å². The number of aromatic nitrogens is 3. The molecule has 0 spiro atoms. The lowest BCUT2D eigenvalue weighted by molar-refractivity contribution is -0.113. The number of amides is 1. The predicted molar refractivity (Wildman–Crippen MR) is 136 cm³/mol. The van der Waals surface area contributed by atoms with Crippen molar-refractivity contribution >= 4 is 69.0 Å². The van der Waals surface area contributed by atoms with Gasteiger partial charge in [0.1, 0.15) is 0 Å². The number of carbonyl (C=O) groups excluding carboxylic acids is 1. The van der Waals surface area contributed by atoms with Gasteiger partial charge in [0.05, 0.1) is 27.2 Å². The third-order valence-electron chi connectivity index (χ3n) is 4.71. The molecule has 4 rings (SSSR count). The zero-order valence-corrected chi connectivity index (χ0v) is 19.7. The van der Waals surface area contributed by atoms with Gasteiger partial charge in [0.2, 0.25) is 11.1 Å². The third-order valence-corrected chi connectivity index (χ3v) is 6.48. The number of nitrogens with one attached hydrogen (secondary N) is 2. The zero-order chi connectivity index (χ0) is 23.4. The molecule has 1 heterocycles. The molecule has 3 aromatic carbocycles. The highest BCUT2D eigenvalue weighted by Crippen LogP contribution is 2.29. The largest absolute Gasteiger partial charge is 0.334 e. The lowest BCUT2D eigenvalue weighted by Crippen LogP contribution is -2.17. The van der Waals surface area contributed by atoms with E-state index in [1.807, 2.05) is 31.2 Å². The molecule has 0 aliphatic rings. The molecule has 11 heteroatoms. The Morgan fingerprint density at radius 1 is 1.09 bits per heavy atom. The highest BCUT2D eigenvalue weighted by molar-refractivity contribution is 7.99. The number of hydrazone groups is 1. The van der Waals surface area contributed by atoms with Crippen LogP contribution in [0.2, 0.25) is 10.0 Å². The van der Waals surface area contributed by atoms with Gasteiger partial charge in [-0.05, 0) is 41.5 Å². The first-order chi connectivity index (χ1) is 15.9. The molecule has 33 heavy (non-hydrogen) atoms. The number of hydrogen-bond acceptors (Lipinski definition) is 7. The molecular formula is C22H19Cl2N7OS. The number of nitrogen functional groups attached to an aromatic ring is 1. The molecule has 4 aromatic rings. The minimum absolute atomic E-state index is 0.0531. The van der Waals surface area contributed by atoms with Crippen molar-refractivity contribution in [2.75, 3.05) is 22.3 Å². The maximum Gasteiger partial charge on any atom is 0.264 e. The topological polar surface area (TPSA) is 110 Å². The van der Waals surface area contributed by atoms with Crippen molar-refractivity contribution in [1.82, 2.24) is 14.9 Å². The number of rotatable bonds is 7. The summed E-state index contributed by atoms with van der Waals surface area (Å²) in [4.78, 5) is 12.3. The molecule has 0 saturated carbocycles. The number of nitrogens with two attached hydrogens (primary N) is 1. The normalized spacial score (nSPS) is 11.5. The first kappa shape index (κ1) is 22.9. The summed E-state index contributed by atoms with van der Waals surface area (Å²) in [6.45, 7) is 1.88. The van der Waals surface area contributed by atoms with Gasteiger partial charge >= 0.3 is 0 Å². The van der Waals surface area contributed by atoms with Crippen LogP contribution in [0.4, 0.5) is 11.6 Å². The van der Waals surface area contributed by atoms with E-state index in [1.54, 1.807) is 18.2 Å². The summed E-state index contributed by atoms with van der Waals surface area (Å²) in [5.41, 5.74) is 4.99. The Morgan fingerprint density at radius 2 is 1.88 bits per heavy atom. The van der Waals surface area contributed by atoms with Crippen LogP contribution in [0.3, 0.4) is 0 Å². The van der Waals surface area contributed by atoms with Crippen molar-refractivity contribution in [1.29, 1.82) is 0 Å². The number of halogens is 2. The van der Waals surface area contributed by atoms with Crippen LogP contribution in [0.15, 0.2) is 70.9 Å². The van der Waals surface area contributed by atoms with Gasteiger partial charge in [0.15, 0.2) is 0 Å². The summed E-state index contributed by atoms with van der Waals surface area (Å²) in [5, 5.41) is 18.4. The quantitative estimate of drug-likeness (QED) is 0.142. The number of fused-ring (bicyclic) bond motifs is 1. The van der Waals surface area contributed by atoms with Gasteiger partial charge in [-0.2, -0.15) is 5.10 Å². The van der Waals surface area contributed by atoms with Crippen molar-refractivity contribution in [3.8, 4) is 0 Å². The van der Waals surface area contributed by atoms with Crippen LogP contribution < -0.4 is 16.6 Å². The van der Waals surface area contributed by atoms with E-state index in [9.17, 15) is 4.79 Å². The standard InChI is InChI=1S/C22H19Cl2N7OS/c1-13(15-10-9-14-5-2-3-6-16(14)11-15)27-28-21-29-30-22(31(21)25)33-12-19(32)26-18-8-4-7-17(23)20(18)24/h2-11H,12,25H2,1H3,(H,26,32)(H,28,29)/b27-13+. The van der Waals surface area contributed by atoms with Gasteiger partial charge < -0.3 is 11.2 Å². The average molecular weight is 500 g/mol. The van der Waals surface area contributed by atoms with Crippen LogP contribution in [0.25, 0.3) is 10.8 Å². The summed E-state index contributed by atoms with van der Waals surface area (Å²) in [7, 11) is 0. The minimum Gasteiger partial charge on any atom is -0.334 e. The molecule has 8 nitrogen and oxygen atoms in total. The first-order valence-corrected chi connectivity index (χ1v) is 11.5. The smallest absolute Gasteiger partial charge is 0.264 e. The van der Waals surface area contributed by atoms with E-state index < -0.39 is 0 Å². The SMILES string of the molecule is C/C(=N\Nc1nnc(SCC(=O)Nc2cccc(Cl)c2Cl)n1N)c1ccc2ccccc2c1. The highest BCUT2D eigenvalue weighted by atomic mass is 35.5. The van der Waals surface area contributed by atoms with Crippen LogP contribution >= 0.6 is 35.0 Å². The van der Waals surface area contributed by atoms with Gasteiger partial charge in [-0.15, -0.1) is 10.2 Å². The lowest BCUT2D eigenvalue weighted by Gasteiger charge is -2.08. The Morgan fingerprint density at radius 3 is 2.70 bits per heavy atom. The van der Waals surface area contributed by atoms with Crippen molar-refractivity contribution in [3.05, 3.63) is 76.3 Å². The monoisotopic (exact) mass is 499 g/mol. The molecule has 1 amide bonds. The second kappa shape index (κ2) is 10.1. The number of hydrogen-bond donors (Lipinski definition) is 3. The molecule has 0 unspecified atom stereocenters. The van der Waals surface area contributed by atoms with E-state index in [1.165, 1.54) is 4.68 Å². The summed E-state index contributed by atoms with van der Waals surface area (Å²) in [6, 6.07) is 19.2. The molecule has 4 N–H and O–H groups in total. The minimum atomic E-state index is -0.285. The Labute approximate surface area is 204 Å². The first-order valence-electron chi connectivity index (χ1n) is 9.79. The fourth-order valence-corrected chi connectivity index (χ4v) is 3.99. The highest BCUT2D eigenvalue weighted by Gasteiger charge is 2.14. The molecule has 0 saturated heterocycles. The van der Waals surface area contributed by atoms with E-state index in [0.29, 0.717) is 15.9 Å². The number of thioether (sulfide) groups is 1. The van der Waals surface area contributed by atoms with E-state index in [4.69, 9.17) is 29.0 Å². The van der Waals surface area contributed by atoms with Crippen LogP contribution in [-0.2, 0) is 4.79 Å². The number of carbonyl (C=O) groups is 1. The molecular weight excluding hydrogens is 481 g/mol. The van der Waals surface area contributed by atoms with Crippen LogP contribution in [0.1, 0.15) is 12.5 Å². The Kier molecular flexibility index (Phi) is 7.02. The maximum absolute atomic E-state index is 12.3. The van der Waals surface area contributed by atoms with Crippen LogP contribution in [-0.4, -0.2) is 32.2 Å². The van der Waals surface area contributed by atoms with Crippen molar-refractivity contribution in [2.24, 2.45) is 5.10 Å². The number of benzene rings is 3. The molecule has 0 fully saturated rings. The van der Waals surface area contributed by atoms with Gasteiger partial charge in [-0.3, -0.25) is 4.79 Å². The number of anilines is 2. The van der Waals surface area contributed by atoms with E-state index >= 15 is 0 Å². The summed E-state index contributed by atoms with van der Waals surface area (Å²) >= 11 is 13.2. The fraction of sp³-hybridized carbons (Fsp3) is 0.0909. The summed E-state index contributed by atoms with van der Waals surface area (Å²) in [6.07, 6.45) is 0. The third kappa shape index (κ3) is 5.39. The zero-order valence-electron chi connectivity index (χ0n) is 17.4. The van der Waals surface area contributed by atoms with E-state index in [2.05, 4.69) is 44.2 Å². The second-order valence-electron chi connectivity index (χ2n) is 6.99. The van der Waals surface area contributed by atoms with E-state index in [-0.39, 0.29) is 22.6 Å². The fourth-order valence-electron chi connectivity index (χ4n) is 2.98. The maximum atomic E-state index is 12.3. The Hall–Kier alpha value is -3.27. The molecule has 0 atom stereocenters. The molecule has 0 radical (unpaired) electrons. The van der Waals surface area contributed by atoms with Gasteiger partial charge in [-0.25, -0.2) is 10.1 Å². The number of nitrogens with zero attached hydrogens (tertiary/aromatic N) is 4. The van der Waals surface area contributed by atoms with Crippen molar-refractivity contribution in [2.45, 2.75) is 12.1 Å². The molecule has 1 aromatic heterocycles. The van der Waals surface area contributed by atoms with Crippen molar-refractivity contribution < 1.29 is 4.79 Å². The molecule has 0 bridgehead atoms. The lowest BCUT2D eigenvalue weighted by atomic mass is 10.0. The Bertz CT molecular complexity index is 1360. The predicted octanol–water partition coefficient (Wildman–Crippen LogP) is 5.02. The van der Waals surface area contributed by atoms with Crippen molar-refractivity contribution in [3.63, 3.8) is 0 Å². The Balaban J connectivity index is 1.38. The van der Waals surface area contributed by atoms with Crippen LogP contribution in [0, 0.1) is 0 Å². The van der Waals surface area contributed by atoms with Gasteiger partial charge in [-0.1, -0.05) is 77.4 Å². The second-order valence-corrected chi connectivity index (χ2v) is 8.71. The van der Waals surface area contributed by atoms with Gasteiger partial charge in [0, 0.05) is 0 Å². The molecule has 168 valence electrons. The summed E-state index contributed by atoms with van der Waals surface area (Å²) in [5.74, 6) is 6.07.